The third-order valence-electron chi connectivity index (χ3n) is 4.12. The molecule has 2 fully saturated rings. The standard InChI is InChI=1S/C16H24N2O5/c1-6-11(12(19)22-5)17-10-16(13(17)20)8-7-9-18(16)14(21)23-15(2,3)4/h6H,7-10H2,1-5H3/b11-6-. The van der Waals surface area contributed by atoms with Gasteiger partial charge in [-0.1, -0.05) is 6.08 Å². The van der Waals surface area contributed by atoms with E-state index in [-0.39, 0.29) is 11.6 Å². The molecule has 2 aliphatic heterocycles. The summed E-state index contributed by atoms with van der Waals surface area (Å²) in [5, 5.41) is 0. The van der Waals surface area contributed by atoms with Crippen molar-refractivity contribution in [3.8, 4) is 0 Å². The largest absolute Gasteiger partial charge is 0.464 e. The fourth-order valence-corrected chi connectivity index (χ4v) is 3.09. The average molecular weight is 324 g/mol. The summed E-state index contributed by atoms with van der Waals surface area (Å²) in [4.78, 5) is 39.7. The van der Waals surface area contributed by atoms with Gasteiger partial charge < -0.3 is 14.4 Å². The number of amides is 2. The fourth-order valence-electron chi connectivity index (χ4n) is 3.09. The Kier molecular flexibility index (Phi) is 4.41. The molecule has 128 valence electrons. The van der Waals surface area contributed by atoms with Gasteiger partial charge in [-0.2, -0.15) is 0 Å². The van der Waals surface area contributed by atoms with Crippen LogP contribution in [-0.4, -0.2) is 59.1 Å². The van der Waals surface area contributed by atoms with Gasteiger partial charge in [-0.05, 0) is 40.5 Å². The molecule has 0 aromatic heterocycles. The Morgan fingerprint density at radius 1 is 1.30 bits per heavy atom. The van der Waals surface area contributed by atoms with Gasteiger partial charge in [0.1, 0.15) is 16.8 Å². The average Bonchev–Trinajstić information content (AvgIpc) is 2.91. The number of carbonyl (C=O) groups excluding carboxylic acids is 3. The number of methoxy groups -OCH3 is 1. The SMILES string of the molecule is C/C=C(/C(=O)OC)N1CC2(CCCN2C(=O)OC(C)(C)C)C1=O. The Bertz CT molecular complexity index is 563. The van der Waals surface area contributed by atoms with Gasteiger partial charge in [0, 0.05) is 6.54 Å². The molecule has 0 aromatic rings. The second kappa shape index (κ2) is 5.86. The van der Waals surface area contributed by atoms with Crippen LogP contribution in [0.3, 0.4) is 0 Å². The molecule has 2 rings (SSSR count). The number of esters is 1. The lowest BCUT2D eigenvalue weighted by Crippen LogP contribution is -2.73. The smallest absolute Gasteiger partial charge is 0.411 e. The zero-order valence-corrected chi connectivity index (χ0v) is 14.3. The van der Waals surface area contributed by atoms with E-state index in [1.807, 2.05) is 0 Å². The van der Waals surface area contributed by atoms with Crippen LogP contribution in [0.4, 0.5) is 4.79 Å². The molecule has 2 aliphatic rings. The van der Waals surface area contributed by atoms with E-state index in [0.29, 0.717) is 19.5 Å². The molecule has 23 heavy (non-hydrogen) atoms. The Hall–Kier alpha value is -2.05. The molecular weight excluding hydrogens is 300 g/mol. The second-order valence-corrected chi connectivity index (χ2v) is 6.82. The van der Waals surface area contributed by atoms with Gasteiger partial charge in [-0.25, -0.2) is 9.59 Å². The van der Waals surface area contributed by atoms with Crippen molar-refractivity contribution in [1.29, 1.82) is 0 Å². The number of hydrogen-bond donors (Lipinski definition) is 0. The van der Waals surface area contributed by atoms with E-state index in [1.165, 1.54) is 16.9 Å². The quantitative estimate of drug-likeness (QED) is 0.439. The summed E-state index contributed by atoms with van der Waals surface area (Å²) in [6.45, 7) is 7.82. The first-order valence-electron chi connectivity index (χ1n) is 7.73. The molecule has 7 nitrogen and oxygen atoms in total. The lowest BCUT2D eigenvalue weighted by molar-refractivity contribution is -0.161. The zero-order chi connectivity index (χ0) is 17.4. The highest BCUT2D eigenvalue weighted by molar-refractivity contribution is 6.03. The molecule has 1 spiro atoms. The van der Waals surface area contributed by atoms with Crippen LogP contribution in [0, 0.1) is 0 Å². The van der Waals surface area contributed by atoms with Crippen LogP contribution in [0.25, 0.3) is 0 Å². The normalized spacial score (nSPS) is 24.7. The molecule has 0 N–H and O–H groups in total. The molecule has 2 saturated heterocycles. The summed E-state index contributed by atoms with van der Waals surface area (Å²) in [6, 6.07) is 0. The van der Waals surface area contributed by atoms with Gasteiger partial charge in [0.05, 0.1) is 13.7 Å². The first-order chi connectivity index (χ1) is 10.7. The van der Waals surface area contributed by atoms with E-state index >= 15 is 0 Å². The van der Waals surface area contributed by atoms with E-state index in [4.69, 9.17) is 9.47 Å². The van der Waals surface area contributed by atoms with Crippen LogP contribution in [0.15, 0.2) is 11.8 Å². The number of carbonyl (C=O) groups is 3. The number of hydrogen-bond acceptors (Lipinski definition) is 5. The van der Waals surface area contributed by atoms with Gasteiger partial charge in [0.2, 0.25) is 0 Å². The maximum Gasteiger partial charge on any atom is 0.411 e. The summed E-state index contributed by atoms with van der Waals surface area (Å²) in [6.07, 6.45) is 2.38. The summed E-state index contributed by atoms with van der Waals surface area (Å²) >= 11 is 0. The van der Waals surface area contributed by atoms with Gasteiger partial charge in [-0.15, -0.1) is 0 Å². The van der Waals surface area contributed by atoms with Gasteiger partial charge >= 0.3 is 12.1 Å². The Morgan fingerprint density at radius 2 is 1.96 bits per heavy atom. The van der Waals surface area contributed by atoms with E-state index in [0.717, 1.165) is 6.42 Å². The predicted octanol–water partition coefficient (Wildman–Crippen LogP) is 1.68. The van der Waals surface area contributed by atoms with Crippen molar-refractivity contribution in [2.45, 2.75) is 51.7 Å². The van der Waals surface area contributed by atoms with Crippen molar-refractivity contribution in [2.24, 2.45) is 0 Å². The molecule has 7 heteroatoms. The molecule has 1 atom stereocenters. The summed E-state index contributed by atoms with van der Waals surface area (Å²) in [5.41, 5.74) is -1.29. The molecule has 0 radical (unpaired) electrons. The van der Waals surface area contributed by atoms with Gasteiger partial charge in [0.25, 0.3) is 5.91 Å². The molecule has 0 bridgehead atoms. The number of β-lactam (4-membered cyclic amide) rings is 1. The Balaban J connectivity index is 2.16. The van der Waals surface area contributed by atoms with Crippen molar-refractivity contribution in [3.63, 3.8) is 0 Å². The number of ether oxygens (including phenoxy) is 2. The van der Waals surface area contributed by atoms with Crippen molar-refractivity contribution in [1.82, 2.24) is 9.80 Å². The summed E-state index contributed by atoms with van der Waals surface area (Å²) < 4.78 is 10.1. The third kappa shape index (κ3) is 2.92. The van der Waals surface area contributed by atoms with E-state index in [1.54, 1.807) is 33.8 Å². The topological polar surface area (TPSA) is 76.2 Å². The minimum Gasteiger partial charge on any atom is -0.464 e. The Labute approximate surface area is 136 Å². The van der Waals surface area contributed by atoms with Crippen LogP contribution in [-0.2, 0) is 19.1 Å². The van der Waals surface area contributed by atoms with E-state index in [2.05, 4.69) is 0 Å². The molecular formula is C16H24N2O5. The number of nitrogens with zero attached hydrogens (tertiary/aromatic N) is 2. The maximum absolute atomic E-state index is 12.7. The van der Waals surface area contributed by atoms with Crippen molar-refractivity contribution in [2.75, 3.05) is 20.2 Å². The van der Waals surface area contributed by atoms with Crippen LogP contribution >= 0.6 is 0 Å². The first-order valence-corrected chi connectivity index (χ1v) is 7.73. The van der Waals surface area contributed by atoms with Crippen molar-refractivity contribution < 1.29 is 23.9 Å². The predicted molar refractivity (Wildman–Crippen MR) is 82.4 cm³/mol. The number of likely N-dealkylation sites (tertiary alicyclic amines) is 2. The minimum absolute atomic E-state index is 0.208. The maximum atomic E-state index is 12.7. The van der Waals surface area contributed by atoms with Crippen LogP contribution in [0.2, 0.25) is 0 Å². The summed E-state index contributed by atoms with van der Waals surface area (Å²) in [5.74, 6) is -0.808. The lowest BCUT2D eigenvalue weighted by Gasteiger charge is -2.50. The highest BCUT2D eigenvalue weighted by atomic mass is 16.6. The fraction of sp³-hybridized carbons (Fsp3) is 0.688. The number of rotatable bonds is 2. The first kappa shape index (κ1) is 17.3. The monoisotopic (exact) mass is 324 g/mol. The van der Waals surface area contributed by atoms with E-state index < -0.39 is 23.2 Å². The van der Waals surface area contributed by atoms with E-state index in [9.17, 15) is 14.4 Å². The van der Waals surface area contributed by atoms with Crippen molar-refractivity contribution in [3.05, 3.63) is 11.8 Å². The summed E-state index contributed by atoms with van der Waals surface area (Å²) in [7, 11) is 1.27. The van der Waals surface area contributed by atoms with Gasteiger partial charge in [-0.3, -0.25) is 9.69 Å². The second-order valence-electron chi connectivity index (χ2n) is 6.82. The van der Waals surface area contributed by atoms with Crippen LogP contribution < -0.4 is 0 Å². The third-order valence-corrected chi connectivity index (χ3v) is 4.12. The number of allylic oxidation sites excluding steroid dienone is 1. The van der Waals surface area contributed by atoms with Gasteiger partial charge in [0.15, 0.2) is 0 Å². The molecule has 2 amide bonds. The highest BCUT2D eigenvalue weighted by Gasteiger charge is 2.61. The lowest BCUT2D eigenvalue weighted by atomic mass is 9.85. The van der Waals surface area contributed by atoms with Crippen LogP contribution in [0.5, 0.6) is 0 Å². The molecule has 1 unspecified atom stereocenters. The van der Waals surface area contributed by atoms with Crippen LogP contribution in [0.1, 0.15) is 40.5 Å². The molecule has 0 aliphatic carbocycles. The molecule has 2 heterocycles. The molecule has 0 aromatic carbocycles. The van der Waals surface area contributed by atoms with Crippen molar-refractivity contribution >= 4 is 18.0 Å². The highest BCUT2D eigenvalue weighted by Crippen LogP contribution is 2.41. The minimum atomic E-state index is -0.884. The zero-order valence-electron chi connectivity index (χ0n) is 14.3. The Morgan fingerprint density at radius 3 is 2.43 bits per heavy atom. The molecule has 0 saturated carbocycles.